The smallest absolute Gasteiger partial charge is 0.312 e. The van der Waals surface area contributed by atoms with Gasteiger partial charge in [0, 0.05) is 19.7 Å². The number of fused-ring (bicyclic) bond motifs is 1. The fourth-order valence-corrected chi connectivity index (χ4v) is 6.96. The number of likely N-dealkylation sites (tertiary alicyclic amines) is 1. The second kappa shape index (κ2) is 10.8. The number of hydrogen-bond donors (Lipinski definition) is 1. The Kier molecular flexibility index (Phi) is 8.02. The van der Waals surface area contributed by atoms with Crippen molar-refractivity contribution in [2.24, 2.45) is 11.8 Å². The van der Waals surface area contributed by atoms with Gasteiger partial charge in [0.05, 0.1) is 28.8 Å². The lowest BCUT2D eigenvalue weighted by Gasteiger charge is -2.37. The summed E-state index contributed by atoms with van der Waals surface area (Å²) in [6, 6.07) is 4.52. The number of ether oxygens (including phenoxy) is 2. The Morgan fingerprint density at radius 2 is 2.08 bits per heavy atom. The first-order valence-corrected chi connectivity index (χ1v) is 13.5. The third-order valence-corrected chi connectivity index (χ3v) is 8.45. The molecule has 0 saturated carbocycles. The van der Waals surface area contributed by atoms with Crippen molar-refractivity contribution in [2.75, 3.05) is 31.2 Å². The van der Waals surface area contributed by atoms with E-state index in [1.54, 1.807) is 28.9 Å². The van der Waals surface area contributed by atoms with Gasteiger partial charge in [0.15, 0.2) is 0 Å². The average molecular weight is 533 g/mol. The van der Waals surface area contributed by atoms with Crippen LogP contribution < -0.4 is 4.90 Å². The highest BCUT2D eigenvalue weighted by atomic mass is 35.5. The molecule has 202 valence electrons. The maximum Gasteiger partial charge on any atom is 0.312 e. The molecule has 37 heavy (non-hydrogen) atoms. The molecule has 2 bridgehead atoms. The highest BCUT2D eigenvalue weighted by Crippen LogP contribution is 2.63. The van der Waals surface area contributed by atoms with Crippen LogP contribution in [0.2, 0.25) is 5.02 Å². The van der Waals surface area contributed by atoms with Crippen LogP contribution in [0.4, 0.5) is 5.69 Å². The van der Waals surface area contributed by atoms with Crippen molar-refractivity contribution in [3.63, 3.8) is 0 Å². The molecule has 3 fully saturated rings. The van der Waals surface area contributed by atoms with E-state index in [9.17, 15) is 19.5 Å². The number of rotatable bonds is 11. The zero-order valence-electron chi connectivity index (χ0n) is 21.9. The van der Waals surface area contributed by atoms with Crippen LogP contribution in [-0.2, 0) is 23.9 Å². The van der Waals surface area contributed by atoms with Crippen molar-refractivity contribution in [3.05, 3.63) is 41.4 Å². The van der Waals surface area contributed by atoms with Gasteiger partial charge in [-0.2, -0.15) is 0 Å². The number of amides is 2. The van der Waals surface area contributed by atoms with Crippen LogP contribution in [0, 0.1) is 18.8 Å². The van der Waals surface area contributed by atoms with Gasteiger partial charge in [-0.3, -0.25) is 14.4 Å². The van der Waals surface area contributed by atoms with Crippen LogP contribution >= 0.6 is 11.6 Å². The Labute approximate surface area is 223 Å². The first kappa shape index (κ1) is 27.6. The fraction of sp³-hybridized carbons (Fsp3) is 0.607. The highest BCUT2D eigenvalue weighted by molar-refractivity contribution is 6.34. The van der Waals surface area contributed by atoms with Crippen LogP contribution in [0.5, 0.6) is 0 Å². The van der Waals surface area contributed by atoms with E-state index in [0.29, 0.717) is 49.4 Å². The molecule has 5 atom stereocenters. The molecule has 8 nitrogen and oxygen atoms in total. The van der Waals surface area contributed by atoms with E-state index in [-0.39, 0.29) is 31.6 Å². The summed E-state index contributed by atoms with van der Waals surface area (Å²) in [5, 5.41) is 9.64. The fourth-order valence-electron chi connectivity index (χ4n) is 6.64. The second-order valence-electron chi connectivity index (χ2n) is 10.4. The molecule has 3 aliphatic heterocycles. The maximum absolute atomic E-state index is 14.5. The number of halogens is 1. The molecule has 0 radical (unpaired) electrons. The summed E-state index contributed by atoms with van der Waals surface area (Å²) in [7, 11) is 0. The van der Waals surface area contributed by atoms with Crippen molar-refractivity contribution in [2.45, 2.75) is 70.1 Å². The predicted octanol–water partition coefficient (Wildman–Crippen LogP) is 3.66. The van der Waals surface area contributed by atoms with E-state index in [1.807, 2.05) is 26.0 Å². The third kappa shape index (κ3) is 4.47. The number of aryl methyl sites for hydroxylation is 1. The zero-order valence-corrected chi connectivity index (χ0v) is 22.6. The number of carbonyl (C=O) groups is 3. The summed E-state index contributed by atoms with van der Waals surface area (Å²) in [6.45, 7) is 10.1. The lowest BCUT2D eigenvalue weighted by Crippen LogP contribution is -2.56. The summed E-state index contributed by atoms with van der Waals surface area (Å²) in [6.07, 6.45) is 4.60. The molecule has 3 saturated heterocycles. The Morgan fingerprint density at radius 1 is 1.32 bits per heavy atom. The molecule has 1 spiro atoms. The Hall–Kier alpha value is -2.42. The van der Waals surface area contributed by atoms with Crippen LogP contribution in [0.25, 0.3) is 0 Å². The number of unbranched alkanes of at least 4 members (excludes halogenated alkanes) is 2. The minimum atomic E-state index is -1.13. The van der Waals surface area contributed by atoms with E-state index in [1.165, 1.54) is 0 Å². The first-order valence-electron chi connectivity index (χ1n) is 13.1. The third-order valence-electron chi connectivity index (χ3n) is 8.14. The standard InChI is InChI=1S/C28H37ClN2O6/c1-5-15-30(22-18(3)11-10-12-19(22)29)25(34)23-28-14-13-27(4,37-28)21(26(35)36-6-2)20(28)24(33)31(23)16-8-7-9-17-32/h5,10-12,20-21,23,32H,1,6-9,13-17H2,2-4H3/t20-,21+,23?,27-,28?/m0/s1. The molecule has 0 aromatic heterocycles. The van der Waals surface area contributed by atoms with Crippen molar-refractivity contribution in [1.29, 1.82) is 0 Å². The zero-order chi connectivity index (χ0) is 27.0. The van der Waals surface area contributed by atoms with E-state index in [0.717, 1.165) is 5.56 Å². The summed E-state index contributed by atoms with van der Waals surface area (Å²) in [5.74, 6) is -2.58. The van der Waals surface area contributed by atoms with Gasteiger partial charge in [0.1, 0.15) is 17.6 Å². The number of nitrogens with zero attached hydrogens (tertiary/aromatic N) is 2. The molecule has 9 heteroatoms. The Balaban J connectivity index is 1.79. The largest absolute Gasteiger partial charge is 0.466 e. The van der Waals surface area contributed by atoms with Gasteiger partial charge in [-0.1, -0.05) is 29.8 Å². The predicted molar refractivity (Wildman–Crippen MR) is 140 cm³/mol. The van der Waals surface area contributed by atoms with Crippen LogP contribution in [0.3, 0.4) is 0 Å². The maximum atomic E-state index is 14.5. The number of esters is 1. The van der Waals surface area contributed by atoms with Gasteiger partial charge in [0.2, 0.25) is 5.91 Å². The number of anilines is 1. The molecule has 1 aromatic carbocycles. The normalized spacial score (nSPS) is 29.9. The lowest BCUT2D eigenvalue weighted by atomic mass is 9.66. The van der Waals surface area contributed by atoms with Crippen LogP contribution in [0.1, 0.15) is 51.5 Å². The molecular weight excluding hydrogens is 496 g/mol. The van der Waals surface area contributed by atoms with E-state index >= 15 is 0 Å². The second-order valence-corrected chi connectivity index (χ2v) is 10.8. The Morgan fingerprint density at radius 3 is 2.73 bits per heavy atom. The molecule has 2 unspecified atom stereocenters. The molecule has 2 amide bonds. The van der Waals surface area contributed by atoms with E-state index in [4.69, 9.17) is 21.1 Å². The van der Waals surface area contributed by atoms with Crippen molar-refractivity contribution < 1.29 is 29.0 Å². The molecule has 3 heterocycles. The van der Waals surface area contributed by atoms with Crippen molar-refractivity contribution >= 4 is 35.1 Å². The van der Waals surface area contributed by atoms with E-state index in [2.05, 4.69) is 6.58 Å². The number of carbonyl (C=O) groups excluding carboxylic acids is 3. The molecule has 3 aliphatic rings. The quantitative estimate of drug-likeness (QED) is 0.265. The summed E-state index contributed by atoms with van der Waals surface area (Å²) in [5.41, 5.74) is -0.616. The number of para-hydroxylation sites is 1. The van der Waals surface area contributed by atoms with E-state index < -0.39 is 35.0 Å². The van der Waals surface area contributed by atoms with Gasteiger partial charge in [0.25, 0.3) is 5.91 Å². The number of benzene rings is 1. The molecular formula is C28H37ClN2O6. The Bertz CT molecular complexity index is 1060. The number of aliphatic hydroxyl groups is 1. The SMILES string of the molecule is C=CCN(C(=O)C1N(CCCCCO)C(=O)[C@@H]2[C@H](C(=O)OCC)[C@]3(C)CCC12O3)c1c(C)cccc1Cl. The summed E-state index contributed by atoms with van der Waals surface area (Å²) in [4.78, 5) is 44.9. The molecule has 4 rings (SSSR count). The summed E-state index contributed by atoms with van der Waals surface area (Å²) >= 11 is 6.58. The minimum Gasteiger partial charge on any atom is -0.466 e. The number of aliphatic hydroxyl groups excluding tert-OH is 1. The van der Waals surface area contributed by atoms with Gasteiger partial charge in [-0.05, 0) is 64.5 Å². The minimum absolute atomic E-state index is 0.0637. The number of hydrogen-bond acceptors (Lipinski definition) is 6. The van der Waals surface area contributed by atoms with Crippen molar-refractivity contribution in [1.82, 2.24) is 4.90 Å². The van der Waals surface area contributed by atoms with Gasteiger partial charge in [-0.25, -0.2) is 0 Å². The topological polar surface area (TPSA) is 96.4 Å². The highest BCUT2D eigenvalue weighted by Gasteiger charge is 2.78. The van der Waals surface area contributed by atoms with Gasteiger partial charge < -0.3 is 24.4 Å². The average Bonchev–Trinajstić information content (AvgIpc) is 3.41. The summed E-state index contributed by atoms with van der Waals surface area (Å²) < 4.78 is 12.0. The van der Waals surface area contributed by atoms with Gasteiger partial charge in [-0.15, -0.1) is 6.58 Å². The molecule has 0 aliphatic carbocycles. The van der Waals surface area contributed by atoms with Gasteiger partial charge >= 0.3 is 5.97 Å². The molecule has 1 N–H and O–H groups in total. The monoisotopic (exact) mass is 532 g/mol. The van der Waals surface area contributed by atoms with Crippen LogP contribution in [0.15, 0.2) is 30.9 Å². The lowest BCUT2D eigenvalue weighted by molar-refractivity contribution is -0.159. The van der Waals surface area contributed by atoms with Crippen LogP contribution in [-0.4, -0.2) is 71.3 Å². The first-order chi connectivity index (χ1) is 17.7. The van der Waals surface area contributed by atoms with Crippen molar-refractivity contribution in [3.8, 4) is 0 Å². The molecule has 1 aromatic rings.